The van der Waals surface area contributed by atoms with Crippen LogP contribution in [0.3, 0.4) is 0 Å². The summed E-state index contributed by atoms with van der Waals surface area (Å²) in [5, 5.41) is 8.69. The first kappa shape index (κ1) is 18.8. The average Bonchev–Trinajstić information content (AvgIpc) is 3.19. The number of methoxy groups -OCH3 is 3. The summed E-state index contributed by atoms with van der Waals surface area (Å²) in [6.07, 6.45) is 1.60. The summed E-state index contributed by atoms with van der Waals surface area (Å²) in [5.41, 5.74) is 1.36. The highest BCUT2D eigenvalue weighted by Gasteiger charge is 2.15. The molecule has 140 valence electrons. The summed E-state index contributed by atoms with van der Waals surface area (Å²) in [6.45, 7) is 0. The molecule has 0 bridgehead atoms. The average molecular weight is 385 g/mol. The van der Waals surface area contributed by atoms with Crippen LogP contribution in [0.4, 0.5) is 0 Å². The van der Waals surface area contributed by atoms with Gasteiger partial charge >= 0.3 is 0 Å². The minimum absolute atomic E-state index is 0.0458. The highest BCUT2D eigenvalue weighted by Crippen LogP contribution is 2.29. The third-order valence-electron chi connectivity index (χ3n) is 3.90. The number of thioether (sulfide) groups is 1. The zero-order chi connectivity index (χ0) is 19.2. The van der Waals surface area contributed by atoms with Crippen LogP contribution >= 0.6 is 11.8 Å². The maximum absolute atomic E-state index is 12.6. The Morgan fingerprint density at radius 1 is 1.00 bits per heavy atom. The molecule has 7 nitrogen and oxygen atoms in total. The number of ether oxygens (including phenoxy) is 3. The highest BCUT2D eigenvalue weighted by atomic mass is 32.2. The normalized spacial score (nSPS) is 10.5. The lowest BCUT2D eigenvalue weighted by Gasteiger charge is -2.11. The first-order valence-electron chi connectivity index (χ1n) is 8.09. The van der Waals surface area contributed by atoms with Crippen molar-refractivity contribution in [3.63, 3.8) is 0 Å². The number of Topliss-reactive ketones (excluding diaryl/α,β-unsaturated/α-hetero) is 1. The quantitative estimate of drug-likeness (QED) is 0.435. The Bertz CT molecular complexity index is 942. The number of hydrogen-bond acceptors (Lipinski definition) is 7. The minimum atomic E-state index is -0.0458. The van der Waals surface area contributed by atoms with Gasteiger partial charge < -0.3 is 14.2 Å². The molecule has 8 heteroatoms. The van der Waals surface area contributed by atoms with E-state index in [4.69, 9.17) is 14.2 Å². The second-order valence-corrected chi connectivity index (χ2v) is 6.38. The molecular formula is C19H19N3O4S. The SMILES string of the molecule is COc1ccc(C(=O)CSc2nncn2-c2ccccc2OC)cc1OC. The number of nitrogens with zero attached hydrogens (tertiary/aromatic N) is 3. The van der Waals surface area contributed by atoms with Gasteiger partial charge in [0.2, 0.25) is 0 Å². The molecule has 0 aliphatic carbocycles. The number of rotatable bonds is 8. The predicted molar refractivity (Wildman–Crippen MR) is 103 cm³/mol. The summed E-state index contributed by atoms with van der Waals surface area (Å²) in [7, 11) is 4.70. The van der Waals surface area contributed by atoms with Crippen molar-refractivity contribution in [3.05, 3.63) is 54.4 Å². The highest BCUT2D eigenvalue weighted by molar-refractivity contribution is 7.99. The van der Waals surface area contributed by atoms with Gasteiger partial charge in [-0.25, -0.2) is 0 Å². The van der Waals surface area contributed by atoms with E-state index in [0.717, 1.165) is 5.69 Å². The minimum Gasteiger partial charge on any atom is -0.495 e. The molecule has 2 aromatic carbocycles. The number of aromatic nitrogens is 3. The number of hydrogen-bond donors (Lipinski definition) is 0. The van der Waals surface area contributed by atoms with Crippen LogP contribution in [0.5, 0.6) is 17.2 Å². The number of para-hydroxylation sites is 2. The molecule has 1 heterocycles. The van der Waals surface area contributed by atoms with Crippen LogP contribution in [0.25, 0.3) is 5.69 Å². The third-order valence-corrected chi connectivity index (χ3v) is 4.84. The molecule has 0 atom stereocenters. The smallest absolute Gasteiger partial charge is 0.196 e. The molecule has 0 aliphatic rings. The summed E-state index contributed by atoms with van der Waals surface area (Å²) in [5.74, 6) is 1.97. The van der Waals surface area contributed by atoms with Crippen molar-refractivity contribution in [2.24, 2.45) is 0 Å². The first-order chi connectivity index (χ1) is 13.2. The molecule has 0 amide bonds. The summed E-state index contributed by atoms with van der Waals surface area (Å²) in [4.78, 5) is 12.6. The number of carbonyl (C=O) groups is 1. The van der Waals surface area contributed by atoms with Crippen LogP contribution in [-0.2, 0) is 0 Å². The zero-order valence-corrected chi connectivity index (χ0v) is 16.0. The Morgan fingerprint density at radius 2 is 1.74 bits per heavy atom. The van der Waals surface area contributed by atoms with Gasteiger partial charge in [0.05, 0.1) is 32.8 Å². The van der Waals surface area contributed by atoms with Crippen molar-refractivity contribution in [2.45, 2.75) is 5.16 Å². The fraction of sp³-hybridized carbons (Fsp3) is 0.211. The Kier molecular flexibility index (Phi) is 5.97. The van der Waals surface area contributed by atoms with Crippen molar-refractivity contribution in [3.8, 4) is 22.9 Å². The van der Waals surface area contributed by atoms with Gasteiger partial charge in [-0.2, -0.15) is 0 Å². The van der Waals surface area contributed by atoms with E-state index in [-0.39, 0.29) is 11.5 Å². The van der Waals surface area contributed by atoms with Crippen molar-refractivity contribution in [1.29, 1.82) is 0 Å². The van der Waals surface area contributed by atoms with E-state index in [9.17, 15) is 4.79 Å². The lowest BCUT2D eigenvalue weighted by molar-refractivity contribution is 0.102. The fourth-order valence-electron chi connectivity index (χ4n) is 2.54. The van der Waals surface area contributed by atoms with Gasteiger partial charge in [0.1, 0.15) is 12.1 Å². The standard InChI is InChI=1S/C19H19N3O4S/c1-24-16-7-5-4-6-14(16)22-12-20-21-19(22)27-11-15(23)13-8-9-17(25-2)18(10-13)26-3/h4-10,12H,11H2,1-3H3. The van der Waals surface area contributed by atoms with E-state index in [2.05, 4.69) is 10.2 Å². The molecule has 0 spiro atoms. The third kappa shape index (κ3) is 4.06. The van der Waals surface area contributed by atoms with Crippen molar-refractivity contribution in [2.75, 3.05) is 27.1 Å². The molecule has 0 unspecified atom stereocenters. The van der Waals surface area contributed by atoms with Crippen molar-refractivity contribution < 1.29 is 19.0 Å². The topological polar surface area (TPSA) is 75.5 Å². The van der Waals surface area contributed by atoms with Gasteiger partial charge in [-0.15, -0.1) is 10.2 Å². The maximum Gasteiger partial charge on any atom is 0.196 e. The molecular weight excluding hydrogens is 366 g/mol. The molecule has 27 heavy (non-hydrogen) atoms. The van der Waals surface area contributed by atoms with Gasteiger partial charge in [-0.1, -0.05) is 23.9 Å². The number of benzene rings is 2. The fourth-order valence-corrected chi connectivity index (χ4v) is 3.36. The van der Waals surface area contributed by atoms with Crippen LogP contribution in [0.15, 0.2) is 53.9 Å². The van der Waals surface area contributed by atoms with Crippen molar-refractivity contribution >= 4 is 17.5 Å². The van der Waals surface area contributed by atoms with E-state index in [1.165, 1.54) is 18.9 Å². The van der Waals surface area contributed by atoms with E-state index in [1.54, 1.807) is 43.3 Å². The Morgan fingerprint density at radius 3 is 2.48 bits per heavy atom. The van der Waals surface area contributed by atoms with Crippen LogP contribution < -0.4 is 14.2 Å². The molecule has 3 aromatic rings. The molecule has 0 radical (unpaired) electrons. The van der Waals surface area contributed by atoms with Gasteiger partial charge in [-0.05, 0) is 30.3 Å². The largest absolute Gasteiger partial charge is 0.495 e. The van der Waals surface area contributed by atoms with E-state index in [1.807, 2.05) is 24.3 Å². The van der Waals surface area contributed by atoms with E-state index >= 15 is 0 Å². The predicted octanol–water partition coefficient (Wildman–Crippen LogP) is 3.27. The lowest BCUT2D eigenvalue weighted by atomic mass is 10.1. The zero-order valence-electron chi connectivity index (χ0n) is 15.2. The lowest BCUT2D eigenvalue weighted by Crippen LogP contribution is -2.05. The Labute approximate surface area is 161 Å². The monoisotopic (exact) mass is 385 g/mol. The molecule has 0 saturated heterocycles. The number of carbonyl (C=O) groups excluding carboxylic acids is 1. The Balaban J connectivity index is 1.77. The van der Waals surface area contributed by atoms with Crippen LogP contribution in [0.2, 0.25) is 0 Å². The first-order valence-corrected chi connectivity index (χ1v) is 9.08. The summed E-state index contributed by atoms with van der Waals surface area (Å²) < 4.78 is 17.6. The molecule has 1 aromatic heterocycles. The molecule has 0 aliphatic heterocycles. The molecule has 3 rings (SSSR count). The van der Waals surface area contributed by atoms with Gasteiger partial charge in [-0.3, -0.25) is 9.36 Å². The van der Waals surface area contributed by atoms with Crippen molar-refractivity contribution in [1.82, 2.24) is 14.8 Å². The van der Waals surface area contributed by atoms with Gasteiger partial charge in [0.15, 0.2) is 22.4 Å². The van der Waals surface area contributed by atoms with Gasteiger partial charge in [0, 0.05) is 5.56 Å². The second-order valence-electron chi connectivity index (χ2n) is 5.44. The van der Waals surface area contributed by atoms with Crippen LogP contribution in [0.1, 0.15) is 10.4 Å². The van der Waals surface area contributed by atoms with Crippen LogP contribution in [0, 0.1) is 0 Å². The second kappa shape index (κ2) is 8.59. The van der Waals surface area contributed by atoms with Crippen LogP contribution in [-0.4, -0.2) is 47.6 Å². The number of ketones is 1. The van der Waals surface area contributed by atoms with E-state index < -0.39 is 0 Å². The molecule has 0 saturated carbocycles. The Hall–Kier alpha value is -3.00. The summed E-state index contributed by atoms with van der Waals surface area (Å²) in [6, 6.07) is 12.7. The van der Waals surface area contributed by atoms with E-state index in [0.29, 0.717) is 28.0 Å². The van der Waals surface area contributed by atoms with Gasteiger partial charge in [0.25, 0.3) is 0 Å². The summed E-state index contributed by atoms with van der Waals surface area (Å²) >= 11 is 1.31. The molecule has 0 fully saturated rings. The maximum atomic E-state index is 12.6. The molecule has 0 N–H and O–H groups in total.